The van der Waals surface area contributed by atoms with Crippen molar-refractivity contribution >= 4 is 15.9 Å². The molecular weight excluding hydrogens is 330 g/mol. The lowest BCUT2D eigenvalue weighted by atomic mass is 9.87. The Hall–Kier alpha value is -0.580. The van der Waals surface area contributed by atoms with Crippen LogP contribution < -0.4 is 10.1 Å². The number of hydrogen-bond donors (Lipinski definition) is 1. The Bertz CT molecular complexity index is 433. The predicted octanol–water partition coefficient (Wildman–Crippen LogP) is 3.80. The van der Waals surface area contributed by atoms with E-state index in [9.17, 15) is 0 Å². The number of halogens is 1. The molecule has 3 nitrogen and oxygen atoms in total. The third kappa shape index (κ3) is 4.97. The van der Waals surface area contributed by atoms with Gasteiger partial charge in [0.2, 0.25) is 0 Å². The minimum atomic E-state index is 0.511. The zero-order valence-corrected chi connectivity index (χ0v) is 14.6. The van der Waals surface area contributed by atoms with Crippen LogP contribution in [0.4, 0.5) is 0 Å². The van der Waals surface area contributed by atoms with E-state index in [0.717, 1.165) is 44.8 Å². The standard InChI is InChI=1S/C17H26BrNO2/c1-3-8-19-17(13-6-9-21-10-7-13)12-14-11-15(20-2)4-5-16(14)18/h4-5,11,13,17,19H,3,6-10,12H2,1-2H3. The molecule has 1 N–H and O–H groups in total. The van der Waals surface area contributed by atoms with Crippen LogP contribution in [0, 0.1) is 5.92 Å². The van der Waals surface area contributed by atoms with Gasteiger partial charge in [-0.05, 0) is 61.9 Å². The number of rotatable bonds is 7. The molecule has 1 aromatic rings. The minimum Gasteiger partial charge on any atom is -0.497 e. The first-order chi connectivity index (χ1) is 10.2. The molecule has 0 saturated carbocycles. The van der Waals surface area contributed by atoms with Crippen molar-refractivity contribution in [1.82, 2.24) is 5.32 Å². The predicted molar refractivity (Wildman–Crippen MR) is 90.0 cm³/mol. The molecule has 1 heterocycles. The molecule has 1 saturated heterocycles. The van der Waals surface area contributed by atoms with E-state index in [0.29, 0.717) is 12.0 Å². The topological polar surface area (TPSA) is 30.5 Å². The van der Waals surface area contributed by atoms with Gasteiger partial charge in [0.05, 0.1) is 7.11 Å². The molecule has 1 aromatic carbocycles. The number of methoxy groups -OCH3 is 1. The number of nitrogens with one attached hydrogen (secondary N) is 1. The largest absolute Gasteiger partial charge is 0.497 e. The van der Waals surface area contributed by atoms with Gasteiger partial charge >= 0.3 is 0 Å². The Morgan fingerprint density at radius 1 is 1.38 bits per heavy atom. The molecule has 0 amide bonds. The van der Waals surface area contributed by atoms with Gasteiger partial charge < -0.3 is 14.8 Å². The summed E-state index contributed by atoms with van der Waals surface area (Å²) in [4.78, 5) is 0. The van der Waals surface area contributed by atoms with Crippen LogP contribution in [0.15, 0.2) is 22.7 Å². The van der Waals surface area contributed by atoms with Crippen LogP contribution in [0.25, 0.3) is 0 Å². The van der Waals surface area contributed by atoms with Crippen molar-refractivity contribution in [2.75, 3.05) is 26.9 Å². The average Bonchev–Trinajstić information content (AvgIpc) is 2.54. The van der Waals surface area contributed by atoms with Crippen LogP contribution in [0.1, 0.15) is 31.7 Å². The molecule has 118 valence electrons. The fraction of sp³-hybridized carbons (Fsp3) is 0.647. The molecule has 1 aliphatic heterocycles. The summed E-state index contributed by atoms with van der Waals surface area (Å²) in [6.45, 7) is 5.08. The lowest BCUT2D eigenvalue weighted by molar-refractivity contribution is 0.0537. The monoisotopic (exact) mass is 355 g/mol. The first-order valence-corrected chi connectivity index (χ1v) is 8.67. The van der Waals surface area contributed by atoms with Crippen molar-refractivity contribution in [3.63, 3.8) is 0 Å². The first kappa shape index (κ1) is 16.8. The van der Waals surface area contributed by atoms with Gasteiger partial charge in [-0.3, -0.25) is 0 Å². The lowest BCUT2D eigenvalue weighted by Crippen LogP contribution is -2.41. The summed E-state index contributed by atoms with van der Waals surface area (Å²) in [6.07, 6.45) is 4.51. The van der Waals surface area contributed by atoms with Crippen LogP contribution in [0.2, 0.25) is 0 Å². The summed E-state index contributed by atoms with van der Waals surface area (Å²) < 4.78 is 12.0. The number of ether oxygens (including phenoxy) is 2. The lowest BCUT2D eigenvalue weighted by Gasteiger charge is -2.31. The van der Waals surface area contributed by atoms with Gasteiger partial charge in [-0.1, -0.05) is 22.9 Å². The number of hydrogen-bond acceptors (Lipinski definition) is 3. The van der Waals surface area contributed by atoms with E-state index in [1.807, 2.05) is 6.07 Å². The maximum Gasteiger partial charge on any atom is 0.119 e. The molecule has 0 spiro atoms. The Morgan fingerprint density at radius 3 is 2.81 bits per heavy atom. The summed E-state index contributed by atoms with van der Waals surface area (Å²) in [7, 11) is 1.72. The molecule has 0 aliphatic carbocycles. The molecule has 4 heteroatoms. The Balaban J connectivity index is 2.09. The summed E-state index contributed by atoms with van der Waals surface area (Å²) in [6, 6.07) is 6.73. The zero-order valence-electron chi connectivity index (χ0n) is 13.0. The van der Waals surface area contributed by atoms with E-state index >= 15 is 0 Å². The summed E-state index contributed by atoms with van der Waals surface area (Å²) in [5.41, 5.74) is 1.31. The van der Waals surface area contributed by atoms with Crippen LogP contribution in [-0.4, -0.2) is 32.9 Å². The van der Waals surface area contributed by atoms with Crippen LogP contribution in [0.3, 0.4) is 0 Å². The molecule has 1 unspecified atom stereocenters. The van der Waals surface area contributed by atoms with Crippen molar-refractivity contribution in [3.05, 3.63) is 28.2 Å². The van der Waals surface area contributed by atoms with Crippen LogP contribution >= 0.6 is 15.9 Å². The van der Waals surface area contributed by atoms with E-state index in [1.54, 1.807) is 7.11 Å². The normalized spacial score (nSPS) is 17.7. The van der Waals surface area contributed by atoms with Crippen molar-refractivity contribution in [2.45, 2.75) is 38.6 Å². The van der Waals surface area contributed by atoms with E-state index in [2.05, 4.69) is 40.3 Å². The van der Waals surface area contributed by atoms with E-state index in [1.165, 1.54) is 16.5 Å². The second kappa shape index (κ2) is 8.76. The Kier molecular flexibility index (Phi) is 7.00. The van der Waals surface area contributed by atoms with Gasteiger partial charge in [0.1, 0.15) is 5.75 Å². The fourth-order valence-corrected chi connectivity index (χ4v) is 3.33. The minimum absolute atomic E-state index is 0.511. The molecule has 1 aliphatic rings. The maximum absolute atomic E-state index is 5.51. The summed E-state index contributed by atoms with van der Waals surface area (Å²) in [5.74, 6) is 1.62. The van der Waals surface area contributed by atoms with Crippen molar-refractivity contribution in [1.29, 1.82) is 0 Å². The quantitative estimate of drug-likeness (QED) is 0.806. The molecule has 1 fully saturated rings. The molecule has 0 bridgehead atoms. The SMILES string of the molecule is CCCNC(Cc1cc(OC)ccc1Br)C1CCOCC1. The van der Waals surface area contributed by atoms with Gasteiger partial charge in [-0.25, -0.2) is 0 Å². The van der Waals surface area contributed by atoms with Crippen molar-refractivity contribution < 1.29 is 9.47 Å². The highest BCUT2D eigenvalue weighted by Crippen LogP contribution is 2.27. The van der Waals surface area contributed by atoms with Crippen molar-refractivity contribution in [3.8, 4) is 5.75 Å². The van der Waals surface area contributed by atoms with E-state index in [-0.39, 0.29) is 0 Å². The second-order valence-corrected chi connectivity index (χ2v) is 6.53. The van der Waals surface area contributed by atoms with Crippen LogP contribution in [0.5, 0.6) is 5.75 Å². The maximum atomic E-state index is 5.51. The molecule has 21 heavy (non-hydrogen) atoms. The Labute approximate surface area is 136 Å². The summed E-state index contributed by atoms with van der Waals surface area (Å²) in [5, 5.41) is 3.74. The molecule has 0 aromatic heterocycles. The zero-order chi connectivity index (χ0) is 15.1. The third-order valence-electron chi connectivity index (χ3n) is 4.18. The smallest absolute Gasteiger partial charge is 0.119 e. The van der Waals surface area contributed by atoms with Gasteiger partial charge in [-0.15, -0.1) is 0 Å². The van der Waals surface area contributed by atoms with Gasteiger partial charge in [0.15, 0.2) is 0 Å². The van der Waals surface area contributed by atoms with Gasteiger partial charge in [-0.2, -0.15) is 0 Å². The van der Waals surface area contributed by atoms with Crippen molar-refractivity contribution in [2.24, 2.45) is 5.92 Å². The Morgan fingerprint density at radius 2 is 2.14 bits per heavy atom. The van der Waals surface area contributed by atoms with Crippen LogP contribution in [-0.2, 0) is 11.2 Å². The highest BCUT2D eigenvalue weighted by Gasteiger charge is 2.24. The third-order valence-corrected chi connectivity index (χ3v) is 4.96. The van der Waals surface area contributed by atoms with Gasteiger partial charge in [0.25, 0.3) is 0 Å². The average molecular weight is 356 g/mol. The molecular formula is C17H26BrNO2. The second-order valence-electron chi connectivity index (χ2n) is 5.67. The first-order valence-electron chi connectivity index (χ1n) is 7.88. The van der Waals surface area contributed by atoms with E-state index in [4.69, 9.17) is 9.47 Å². The molecule has 2 rings (SSSR count). The number of benzene rings is 1. The highest BCUT2D eigenvalue weighted by atomic mass is 79.9. The fourth-order valence-electron chi connectivity index (χ4n) is 2.92. The van der Waals surface area contributed by atoms with E-state index < -0.39 is 0 Å². The summed E-state index contributed by atoms with van der Waals surface area (Å²) >= 11 is 3.67. The highest BCUT2D eigenvalue weighted by molar-refractivity contribution is 9.10. The van der Waals surface area contributed by atoms with Gasteiger partial charge in [0, 0.05) is 23.7 Å². The molecule has 0 radical (unpaired) electrons. The molecule has 1 atom stereocenters.